The monoisotopic (exact) mass is 251 g/mol. The number of hydrazone groups is 1. The fraction of sp³-hybridized carbons (Fsp3) is 0.769. The molecule has 0 aromatic heterocycles. The van der Waals surface area contributed by atoms with Crippen molar-refractivity contribution in [1.29, 1.82) is 0 Å². The van der Waals surface area contributed by atoms with E-state index in [0.717, 1.165) is 18.8 Å². The van der Waals surface area contributed by atoms with Gasteiger partial charge in [0.05, 0.1) is 0 Å². The molecular weight excluding hydrogens is 230 g/mol. The van der Waals surface area contributed by atoms with Crippen molar-refractivity contribution >= 4 is 17.5 Å². The Labute approximate surface area is 107 Å². The Morgan fingerprint density at radius 3 is 2.83 bits per heavy atom. The van der Waals surface area contributed by atoms with Gasteiger partial charge in [0.15, 0.2) is 0 Å². The molecule has 2 aliphatic rings. The zero-order valence-electron chi connectivity index (χ0n) is 10.9. The summed E-state index contributed by atoms with van der Waals surface area (Å²) in [7, 11) is 0. The second-order valence-corrected chi connectivity index (χ2v) is 5.38. The van der Waals surface area contributed by atoms with Crippen LogP contribution in [0.4, 0.5) is 0 Å². The molecule has 2 rings (SSSR count). The minimum atomic E-state index is -0.116. The standard InChI is InChI=1S/C13H21N3O2/c1-9-3-2-4-10(6-5-9)14-13(18)11-7-8-12(17)16-15-11/h9-10H,2-8H2,1H3,(H,14,18)(H,16,17). The smallest absolute Gasteiger partial charge is 0.267 e. The first kappa shape index (κ1) is 13.1. The Bertz CT molecular complexity index is 365. The van der Waals surface area contributed by atoms with Crippen molar-refractivity contribution in [3.8, 4) is 0 Å². The third kappa shape index (κ3) is 3.55. The molecule has 1 aliphatic heterocycles. The van der Waals surface area contributed by atoms with Crippen LogP contribution in [-0.2, 0) is 9.59 Å². The Hall–Kier alpha value is -1.39. The van der Waals surface area contributed by atoms with Crippen LogP contribution < -0.4 is 10.7 Å². The summed E-state index contributed by atoms with van der Waals surface area (Å²) in [5.74, 6) is 0.530. The van der Waals surface area contributed by atoms with Crippen LogP contribution in [0.25, 0.3) is 0 Å². The number of carbonyl (C=O) groups excluding carboxylic acids is 2. The molecule has 1 heterocycles. The molecule has 0 saturated heterocycles. The van der Waals surface area contributed by atoms with Gasteiger partial charge >= 0.3 is 0 Å². The third-order valence-electron chi connectivity index (χ3n) is 3.76. The van der Waals surface area contributed by atoms with Gasteiger partial charge in [0.1, 0.15) is 5.71 Å². The van der Waals surface area contributed by atoms with Crippen LogP contribution in [0.15, 0.2) is 5.10 Å². The third-order valence-corrected chi connectivity index (χ3v) is 3.76. The van der Waals surface area contributed by atoms with Crippen LogP contribution in [0, 0.1) is 5.92 Å². The lowest BCUT2D eigenvalue weighted by molar-refractivity contribution is -0.121. The largest absolute Gasteiger partial charge is 0.348 e. The number of nitrogens with one attached hydrogen (secondary N) is 2. The summed E-state index contributed by atoms with van der Waals surface area (Å²) in [5, 5.41) is 6.86. The van der Waals surface area contributed by atoms with Gasteiger partial charge in [-0.25, -0.2) is 5.43 Å². The second kappa shape index (κ2) is 5.98. The van der Waals surface area contributed by atoms with Gasteiger partial charge in [-0.2, -0.15) is 5.10 Å². The fourth-order valence-corrected chi connectivity index (χ4v) is 2.54. The summed E-state index contributed by atoms with van der Waals surface area (Å²) >= 11 is 0. The number of carbonyl (C=O) groups is 2. The molecule has 0 spiro atoms. The van der Waals surface area contributed by atoms with Gasteiger partial charge in [-0.3, -0.25) is 9.59 Å². The lowest BCUT2D eigenvalue weighted by atomic mass is 10.0. The molecule has 5 heteroatoms. The molecule has 2 amide bonds. The summed E-state index contributed by atoms with van der Waals surface area (Å²) in [5.41, 5.74) is 2.81. The summed E-state index contributed by atoms with van der Waals surface area (Å²) in [6.45, 7) is 2.27. The predicted octanol–water partition coefficient (Wildman–Crippen LogP) is 1.34. The van der Waals surface area contributed by atoms with Gasteiger partial charge in [0.2, 0.25) is 5.91 Å². The highest BCUT2D eigenvalue weighted by Gasteiger charge is 2.22. The quantitative estimate of drug-likeness (QED) is 0.727. The SMILES string of the molecule is CC1CCCC(NC(=O)C2=NNC(=O)CC2)CC1. The maximum Gasteiger partial charge on any atom is 0.267 e. The summed E-state index contributed by atoms with van der Waals surface area (Å²) in [6, 6.07) is 0.266. The van der Waals surface area contributed by atoms with Crippen molar-refractivity contribution in [2.75, 3.05) is 0 Å². The number of rotatable bonds is 2. The van der Waals surface area contributed by atoms with Gasteiger partial charge in [-0.15, -0.1) is 0 Å². The van der Waals surface area contributed by atoms with E-state index in [1.807, 2.05) is 0 Å². The van der Waals surface area contributed by atoms with E-state index in [-0.39, 0.29) is 17.9 Å². The van der Waals surface area contributed by atoms with E-state index in [9.17, 15) is 9.59 Å². The maximum absolute atomic E-state index is 12.0. The zero-order valence-corrected chi connectivity index (χ0v) is 10.9. The van der Waals surface area contributed by atoms with Gasteiger partial charge in [-0.05, 0) is 25.2 Å². The summed E-state index contributed by atoms with van der Waals surface area (Å²) in [4.78, 5) is 22.9. The van der Waals surface area contributed by atoms with Gasteiger partial charge in [0.25, 0.3) is 5.91 Å². The molecule has 0 aromatic carbocycles. The van der Waals surface area contributed by atoms with E-state index in [1.54, 1.807) is 0 Å². The maximum atomic E-state index is 12.0. The molecule has 100 valence electrons. The van der Waals surface area contributed by atoms with Crippen molar-refractivity contribution in [1.82, 2.24) is 10.7 Å². The van der Waals surface area contributed by atoms with Gasteiger partial charge in [0, 0.05) is 18.9 Å². The Morgan fingerprint density at radius 2 is 2.11 bits per heavy atom. The Kier molecular flexibility index (Phi) is 4.33. The van der Waals surface area contributed by atoms with E-state index in [4.69, 9.17) is 0 Å². The Balaban J connectivity index is 1.85. The van der Waals surface area contributed by atoms with Crippen LogP contribution in [0.5, 0.6) is 0 Å². The summed E-state index contributed by atoms with van der Waals surface area (Å²) in [6.07, 6.45) is 6.50. The molecule has 0 bridgehead atoms. The fourth-order valence-electron chi connectivity index (χ4n) is 2.54. The number of amides is 2. The van der Waals surface area contributed by atoms with Gasteiger partial charge in [-0.1, -0.05) is 19.8 Å². The normalized spacial score (nSPS) is 28.9. The molecule has 1 aliphatic carbocycles. The molecule has 2 atom stereocenters. The van der Waals surface area contributed by atoms with Crippen molar-refractivity contribution < 1.29 is 9.59 Å². The molecule has 2 unspecified atom stereocenters. The summed E-state index contributed by atoms with van der Waals surface area (Å²) < 4.78 is 0. The predicted molar refractivity (Wildman–Crippen MR) is 69.0 cm³/mol. The number of hydrogen-bond donors (Lipinski definition) is 2. The van der Waals surface area contributed by atoms with E-state index >= 15 is 0 Å². The van der Waals surface area contributed by atoms with Crippen molar-refractivity contribution in [2.45, 2.75) is 57.9 Å². The van der Waals surface area contributed by atoms with Gasteiger partial charge < -0.3 is 5.32 Å². The average molecular weight is 251 g/mol. The minimum absolute atomic E-state index is 0.116. The molecule has 5 nitrogen and oxygen atoms in total. The first-order valence-corrected chi connectivity index (χ1v) is 6.81. The van der Waals surface area contributed by atoms with E-state index in [2.05, 4.69) is 22.8 Å². The molecule has 0 aromatic rings. The van der Waals surface area contributed by atoms with E-state index < -0.39 is 0 Å². The van der Waals surface area contributed by atoms with Crippen molar-refractivity contribution in [3.63, 3.8) is 0 Å². The van der Waals surface area contributed by atoms with Crippen molar-refractivity contribution in [2.24, 2.45) is 11.0 Å². The zero-order chi connectivity index (χ0) is 13.0. The van der Waals surface area contributed by atoms with Crippen LogP contribution in [0.2, 0.25) is 0 Å². The molecule has 1 fully saturated rings. The highest BCUT2D eigenvalue weighted by Crippen LogP contribution is 2.22. The first-order valence-electron chi connectivity index (χ1n) is 6.81. The second-order valence-electron chi connectivity index (χ2n) is 5.38. The molecule has 0 radical (unpaired) electrons. The van der Waals surface area contributed by atoms with Crippen LogP contribution in [0.3, 0.4) is 0 Å². The topological polar surface area (TPSA) is 70.6 Å². The number of nitrogens with zero attached hydrogens (tertiary/aromatic N) is 1. The van der Waals surface area contributed by atoms with Crippen LogP contribution in [-0.4, -0.2) is 23.6 Å². The lowest BCUT2D eigenvalue weighted by Crippen LogP contribution is -2.41. The number of hydrogen-bond acceptors (Lipinski definition) is 3. The lowest BCUT2D eigenvalue weighted by Gasteiger charge is -2.18. The molecule has 1 saturated carbocycles. The minimum Gasteiger partial charge on any atom is -0.348 e. The van der Waals surface area contributed by atoms with E-state index in [1.165, 1.54) is 19.3 Å². The highest BCUT2D eigenvalue weighted by molar-refractivity contribution is 6.39. The van der Waals surface area contributed by atoms with Crippen LogP contribution >= 0.6 is 0 Å². The molecular formula is C13H21N3O2. The van der Waals surface area contributed by atoms with E-state index in [0.29, 0.717) is 18.6 Å². The molecule has 2 N–H and O–H groups in total. The average Bonchev–Trinajstić information content (AvgIpc) is 2.55. The first-order chi connectivity index (χ1) is 8.65. The van der Waals surface area contributed by atoms with Crippen molar-refractivity contribution in [3.05, 3.63) is 0 Å². The van der Waals surface area contributed by atoms with Crippen LogP contribution in [0.1, 0.15) is 51.9 Å². The Morgan fingerprint density at radius 1 is 1.28 bits per heavy atom. The molecule has 18 heavy (non-hydrogen) atoms. The highest BCUT2D eigenvalue weighted by atomic mass is 16.2.